The molecule has 5 nitrogen and oxygen atoms in total. The van der Waals surface area contributed by atoms with E-state index >= 15 is 0 Å². The van der Waals surface area contributed by atoms with Gasteiger partial charge in [0.15, 0.2) is 5.78 Å². The van der Waals surface area contributed by atoms with Crippen molar-refractivity contribution in [1.29, 1.82) is 0 Å². The van der Waals surface area contributed by atoms with Crippen LogP contribution in [0.1, 0.15) is 30.1 Å². The van der Waals surface area contributed by atoms with E-state index in [4.69, 9.17) is 9.47 Å². The van der Waals surface area contributed by atoms with Crippen LogP contribution in [-0.2, 0) is 4.79 Å². The van der Waals surface area contributed by atoms with Gasteiger partial charge in [-0.05, 0) is 18.6 Å². The van der Waals surface area contributed by atoms with Crippen molar-refractivity contribution in [3.8, 4) is 11.5 Å². The highest BCUT2D eigenvalue weighted by atomic mass is 16.5. The lowest BCUT2D eigenvalue weighted by molar-refractivity contribution is -0.313. The Balaban J connectivity index is 2.34. The summed E-state index contributed by atoms with van der Waals surface area (Å²) < 4.78 is 10.7. The van der Waals surface area contributed by atoms with Gasteiger partial charge in [-0.25, -0.2) is 0 Å². The third-order valence-corrected chi connectivity index (χ3v) is 2.76. The average Bonchev–Trinajstić information content (AvgIpc) is 2.35. The molecule has 0 saturated carbocycles. The lowest BCUT2D eigenvalue weighted by atomic mass is 10.0. The van der Waals surface area contributed by atoms with Crippen LogP contribution in [0.3, 0.4) is 0 Å². The first-order valence-electron chi connectivity index (χ1n) is 5.80. The normalized spacial score (nSPS) is 15.5. The van der Waals surface area contributed by atoms with Gasteiger partial charge in [0.05, 0.1) is 12.6 Å². The maximum absolute atomic E-state index is 11.8. The quantitative estimate of drug-likeness (QED) is 0.779. The predicted octanol–water partition coefficient (Wildman–Crippen LogP) is 0.559. The second-order valence-corrected chi connectivity index (χ2v) is 3.98. The van der Waals surface area contributed by atoms with Gasteiger partial charge in [0.25, 0.3) is 0 Å². The van der Waals surface area contributed by atoms with Gasteiger partial charge in [-0.15, -0.1) is 0 Å². The average molecular weight is 249 g/mol. The molecule has 1 heterocycles. The summed E-state index contributed by atoms with van der Waals surface area (Å²) in [4.78, 5) is 22.7. The van der Waals surface area contributed by atoms with Crippen molar-refractivity contribution in [2.24, 2.45) is 0 Å². The molecule has 0 radical (unpaired) electrons. The van der Waals surface area contributed by atoms with Gasteiger partial charge < -0.3 is 19.4 Å². The summed E-state index contributed by atoms with van der Waals surface area (Å²) in [5.41, 5.74) is 0.323. The van der Waals surface area contributed by atoms with Crippen LogP contribution in [0, 0.1) is 0 Å². The Hall–Kier alpha value is -2.04. The third-order valence-electron chi connectivity index (χ3n) is 2.76. The minimum Gasteiger partial charge on any atom is -0.546 e. The first-order valence-corrected chi connectivity index (χ1v) is 5.80. The Bertz CT molecular complexity index is 480. The van der Waals surface area contributed by atoms with Crippen molar-refractivity contribution < 1.29 is 24.2 Å². The van der Waals surface area contributed by atoms with E-state index in [1.165, 1.54) is 0 Å². The molecule has 1 aliphatic heterocycles. The molecule has 0 saturated heterocycles. The fourth-order valence-electron chi connectivity index (χ4n) is 1.83. The number of carboxylic acid groups (broad SMARTS) is 1. The lowest BCUT2D eigenvalue weighted by Crippen LogP contribution is -2.39. The number of hydrogen-bond donors (Lipinski definition) is 0. The highest BCUT2D eigenvalue weighted by Crippen LogP contribution is 2.33. The summed E-state index contributed by atoms with van der Waals surface area (Å²) >= 11 is 0. The van der Waals surface area contributed by atoms with E-state index in [0.29, 0.717) is 17.9 Å². The zero-order valence-corrected chi connectivity index (χ0v) is 9.97. The molecule has 5 heteroatoms. The van der Waals surface area contributed by atoms with Gasteiger partial charge in [0.2, 0.25) is 0 Å². The van der Waals surface area contributed by atoms with E-state index in [1.807, 2.05) is 0 Å². The molecule has 96 valence electrons. The predicted molar refractivity (Wildman–Crippen MR) is 60.6 cm³/mol. The molecule has 0 N–H and O–H groups in total. The Labute approximate surface area is 104 Å². The first-order chi connectivity index (χ1) is 8.63. The van der Waals surface area contributed by atoms with Gasteiger partial charge in [-0.2, -0.15) is 0 Å². The zero-order chi connectivity index (χ0) is 13.1. The molecule has 0 bridgehead atoms. The number of carboxylic acids is 1. The summed E-state index contributed by atoms with van der Waals surface area (Å²) in [6.07, 6.45) is -0.525. The minimum atomic E-state index is -1.29. The largest absolute Gasteiger partial charge is 0.546 e. The van der Waals surface area contributed by atoms with E-state index < -0.39 is 12.1 Å². The molecular weight excluding hydrogens is 236 g/mol. The molecule has 18 heavy (non-hydrogen) atoms. The monoisotopic (exact) mass is 249 g/mol. The molecule has 0 amide bonds. The number of ketones is 1. The van der Waals surface area contributed by atoms with Gasteiger partial charge in [0.1, 0.15) is 23.2 Å². The second-order valence-electron chi connectivity index (χ2n) is 3.98. The van der Waals surface area contributed by atoms with E-state index in [9.17, 15) is 14.7 Å². The number of fused-ring (bicyclic) bond motifs is 1. The molecule has 2 rings (SSSR count). The highest BCUT2D eigenvalue weighted by molar-refractivity contribution is 6.02. The lowest BCUT2D eigenvalue weighted by Gasteiger charge is -2.23. The third kappa shape index (κ3) is 2.30. The van der Waals surface area contributed by atoms with Crippen molar-refractivity contribution in [3.63, 3.8) is 0 Å². The molecule has 1 atom stereocenters. The zero-order valence-electron chi connectivity index (χ0n) is 9.97. The molecule has 1 aromatic rings. The molecule has 0 aliphatic carbocycles. The Morgan fingerprint density at radius 1 is 1.56 bits per heavy atom. The van der Waals surface area contributed by atoms with Crippen LogP contribution in [0.25, 0.3) is 0 Å². The molecule has 0 aromatic heterocycles. The van der Waals surface area contributed by atoms with Crippen LogP contribution < -0.4 is 14.6 Å². The van der Waals surface area contributed by atoms with Crippen molar-refractivity contribution in [3.05, 3.63) is 23.8 Å². The number of Topliss-reactive ketones (excluding diaryl/α,β-unsaturated/α-hetero) is 1. The number of carbonyl (C=O) groups is 2. The van der Waals surface area contributed by atoms with Crippen LogP contribution in [0.2, 0.25) is 0 Å². The first kappa shape index (κ1) is 12.4. The van der Waals surface area contributed by atoms with Crippen molar-refractivity contribution in [1.82, 2.24) is 0 Å². The molecule has 1 aromatic carbocycles. The van der Waals surface area contributed by atoms with Gasteiger partial charge in [-0.1, -0.05) is 13.0 Å². The molecule has 0 spiro atoms. The Morgan fingerprint density at radius 2 is 2.33 bits per heavy atom. The van der Waals surface area contributed by atoms with E-state index in [1.54, 1.807) is 25.1 Å². The Kier molecular flexibility index (Phi) is 3.50. The second kappa shape index (κ2) is 5.08. The van der Waals surface area contributed by atoms with Crippen molar-refractivity contribution in [2.75, 3.05) is 6.61 Å². The summed E-state index contributed by atoms with van der Waals surface area (Å²) in [6, 6.07) is 4.89. The molecule has 1 unspecified atom stereocenters. The van der Waals surface area contributed by atoms with E-state index in [2.05, 4.69) is 0 Å². The number of hydrogen-bond acceptors (Lipinski definition) is 5. The summed E-state index contributed by atoms with van der Waals surface area (Å²) in [7, 11) is 0. The topological polar surface area (TPSA) is 75.7 Å². The maximum atomic E-state index is 11.8. The van der Waals surface area contributed by atoms with Crippen molar-refractivity contribution in [2.45, 2.75) is 25.9 Å². The van der Waals surface area contributed by atoms with Gasteiger partial charge >= 0.3 is 0 Å². The van der Waals surface area contributed by atoms with Crippen LogP contribution in [0.5, 0.6) is 11.5 Å². The van der Waals surface area contributed by atoms with Crippen LogP contribution in [-0.4, -0.2) is 24.5 Å². The molecule has 1 aliphatic rings. The molecule has 0 fully saturated rings. The standard InChI is InChI=1S/C13H14O5/c1-2-9(13(15)16)18-11-5-3-4-10-12(11)8(14)6-7-17-10/h3-5,9H,2,6-7H2,1H3,(H,15,16)/p-1. The smallest absolute Gasteiger partial charge is 0.173 e. The van der Waals surface area contributed by atoms with Crippen LogP contribution in [0.4, 0.5) is 0 Å². The van der Waals surface area contributed by atoms with Gasteiger partial charge in [0, 0.05) is 6.42 Å². The van der Waals surface area contributed by atoms with E-state index in [-0.39, 0.29) is 24.4 Å². The SMILES string of the molecule is CCC(Oc1cccc2c1C(=O)CCO2)C(=O)[O-]. The number of benzene rings is 1. The summed E-state index contributed by atoms with van der Waals surface area (Å²) in [5, 5.41) is 10.8. The van der Waals surface area contributed by atoms with Crippen LogP contribution in [0.15, 0.2) is 18.2 Å². The fourth-order valence-corrected chi connectivity index (χ4v) is 1.83. The fraction of sp³-hybridized carbons (Fsp3) is 0.385. The maximum Gasteiger partial charge on any atom is 0.173 e. The number of rotatable bonds is 4. The van der Waals surface area contributed by atoms with E-state index in [0.717, 1.165) is 0 Å². The summed E-state index contributed by atoms with van der Waals surface area (Å²) in [6.45, 7) is 2.02. The van der Waals surface area contributed by atoms with Gasteiger partial charge in [-0.3, -0.25) is 4.79 Å². The number of ether oxygens (including phenoxy) is 2. The Morgan fingerprint density at radius 3 is 3.00 bits per heavy atom. The van der Waals surface area contributed by atoms with Crippen LogP contribution >= 0.6 is 0 Å². The number of aliphatic carboxylic acids is 1. The summed E-state index contributed by atoms with van der Waals surface area (Å²) in [5.74, 6) is -0.704. The number of carbonyl (C=O) groups excluding carboxylic acids is 2. The molecular formula is C13H13O5-. The van der Waals surface area contributed by atoms with Crippen molar-refractivity contribution >= 4 is 11.8 Å². The highest BCUT2D eigenvalue weighted by Gasteiger charge is 2.24. The minimum absolute atomic E-state index is 0.0972.